The number of carbonyl (C=O) groups is 1. The molecule has 3 aromatic rings. The summed E-state index contributed by atoms with van der Waals surface area (Å²) in [5.74, 6) is -0.228. The lowest BCUT2D eigenvalue weighted by atomic mass is 9.82. The second kappa shape index (κ2) is 4.93. The third-order valence-corrected chi connectivity index (χ3v) is 4.19. The molecule has 0 heterocycles. The van der Waals surface area contributed by atoms with Crippen LogP contribution in [-0.2, 0) is 0 Å². The van der Waals surface area contributed by atoms with E-state index in [1.807, 2.05) is 72.8 Å². The third-order valence-electron chi connectivity index (χ3n) is 4.19. The number of aliphatic hydroxyl groups is 1. The Morgan fingerprint density at radius 1 is 0.682 bits per heavy atom. The van der Waals surface area contributed by atoms with E-state index in [2.05, 4.69) is 0 Å². The van der Waals surface area contributed by atoms with Crippen LogP contribution < -0.4 is 0 Å². The van der Waals surface area contributed by atoms with E-state index < -0.39 is 6.10 Å². The first-order valence-electron chi connectivity index (χ1n) is 7.27. The summed E-state index contributed by atoms with van der Waals surface area (Å²) in [6.07, 6.45) is -1.06. The predicted octanol–water partition coefficient (Wildman–Crippen LogP) is 4.25. The van der Waals surface area contributed by atoms with Gasteiger partial charge in [-0.3, -0.25) is 4.79 Å². The number of rotatable bonds is 1. The number of hydrogen-bond acceptors (Lipinski definition) is 2. The largest absolute Gasteiger partial charge is 0.380 e. The fraction of sp³-hybridized carbons (Fsp3) is 0.0500. The summed E-state index contributed by atoms with van der Waals surface area (Å²) in [4.78, 5) is 12.4. The highest BCUT2D eigenvalue weighted by Gasteiger charge is 2.30. The van der Waals surface area contributed by atoms with Crippen molar-refractivity contribution in [1.29, 1.82) is 0 Å². The van der Waals surface area contributed by atoms with Crippen molar-refractivity contribution >= 4 is 5.78 Å². The van der Waals surface area contributed by atoms with E-state index in [1.165, 1.54) is 0 Å². The first-order chi connectivity index (χ1) is 10.8. The van der Waals surface area contributed by atoms with Crippen LogP contribution in [0.2, 0.25) is 0 Å². The maximum absolute atomic E-state index is 12.4. The smallest absolute Gasteiger partial charge is 0.196 e. The van der Waals surface area contributed by atoms with Gasteiger partial charge in [0.25, 0.3) is 0 Å². The van der Waals surface area contributed by atoms with Crippen molar-refractivity contribution in [3.8, 4) is 22.3 Å². The minimum absolute atomic E-state index is 0.228. The quantitative estimate of drug-likeness (QED) is 0.726. The summed E-state index contributed by atoms with van der Waals surface area (Å²) in [6, 6.07) is 23.4. The van der Waals surface area contributed by atoms with Crippen molar-refractivity contribution in [1.82, 2.24) is 0 Å². The standard InChI is InChI=1S/C20H14O2/c21-19-16-9-5-4-8-15(16)18-12-14(10-11-17(18)20(19)22)13-6-2-1-3-7-13/h1-12,19,21H. The molecule has 2 heteroatoms. The van der Waals surface area contributed by atoms with Gasteiger partial charge in [-0.05, 0) is 33.9 Å². The minimum Gasteiger partial charge on any atom is -0.380 e. The molecule has 1 unspecified atom stereocenters. The first-order valence-corrected chi connectivity index (χ1v) is 7.27. The average Bonchev–Trinajstić information content (AvgIpc) is 2.60. The topological polar surface area (TPSA) is 37.3 Å². The highest BCUT2D eigenvalue weighted by atomic mass is 16.3. The Morgan fingerprint density at radius 3 is 2.23 bits per heavy atom. The van der Waals surface area contributed by atoms with Gasteiger partial charge in [-0.15, -0.1) is 0 Å². The van der Waals surface area contributed by atoms with Gasteiger partial charge in [0.15, 0.2) is 5.78 Å². The minimum atomic E-state index is -1.06. The maximum atomic E-state index is 12.4. The number of fused-ring (bicyclic) bond motifs is 3. The van der Waals surface area contributed by atoms with Crippen LogP contribution in [0.3, 0.4) is 0 Å². The molecular weight excluding hydrogens is 272 g/mol. The molecule has 3 aromatic carbocycles. The SMILES string of the molecule is O=C1c2ccc(-c3ccccc3)cc2-c2ccccc2C1O. The highest BCUT2D eigenvalue weighted by Crippen LogP contribution is 2.40. The Balaban J connectivity index is 1.96. The molecule has 0 saturated carbocycles. The van der Waals surface area contributed by atoms with Gasteiger partial charge in [0.2, 0.25) is 0 Å². The van der Waals surface area contributed by atoms with E-state index in [0.29, 0.717) is 11.1 Å². The van der Waals surface area contributed by atoms with Gasteiger partial charge in [0.05, 0.1) is 0 Å². The molecule has 0 amide bonds. The molecular formula is C20H14O2. The van der Waals surface area contributed by atoms with Crippen molar-refractivity contribution in [2.24, 2.45) is 0 Å². The van der Waals surface area contributed by atoms with Crippen LogP contribution in [0.5, 0.6) is 0 Å². The zero-order valence-corrected chi connectivity index (χ0v) is 11.9. The lowest BCUT2D eigenvalue weighted by Gasteiger charge is -2.23. The summed E-state index contributed by atoms with van der Waals surface area (Å²) in [5, 5.41) is 10.2. The van der Waals surface area contributed by atoms with Crippen molar-refractivity contribution in [3.63, 3.8) is 0 Å². The van der Waals surface area contributed by atoms with Gasteiger partial charge in [-0.2, -0.15) is 0 Å². The molecule has 1 aliphatic carbocycles. The summed E-state index contributed by atoms with van der Waals surface area (Å²) >= 11 is 0. The van der Waals surface area contributed by atoms with Gasteiger partial charge in [0, 0.05) is 5.56 Å². The van der Waals surface area contributed by atoms with Gasteiger partial charge in [0.1, 0.15) is 6.10 Å². The van der Waals surface area contributed by atoms with Crippen molar-refractivity contribution in [2.45, 2.75) is 6.10 Å². The van der Waals surface area contributed by atoms with Crippen LogP contribution in [0, 0.1) is 0 Å². The highest BCUT2D eigenvalue weighted by molar-refractivity contribution is 6.09. The van der Waals surface area contributed by atoms with Gasteiger partial charge in [-0.1, -0.05) is 66.7 Å². The molecule has 2 nitrogen and oxygen atoms in total. The van der Waals surface area contributed by atoms with E-state index >= 15 is 0 Å². The fourth-order valence-electron chi connectivity index (χ4n) is 3.06. The van der Waals surface area contributed by atoms with Gasteiger partial charge in [-0.25, -0.2) is 0 Å². The Hall–Kier alpha value is -2.71. The van der Waals surface area contributed by atoms with Crippen molar-refractivity contribution < 1.29 is 9.90 Å². The zero-order valence-electron chi connectivity index (χ0n) is 11.9. The molecule has 1 atom stereocenters. The Labute approximate surface area is 128 Å². The molecule has 0 fully saturated rings. The number of carbonyl (C=O) groups excluding carboxylic acids is 1. The zero-order chi connectivity index (χ0) is 15.1. The molecule has 106 valence electrons. The van der Waals surface area contributed by atoms with Crippen LogP contribution in [0.25, 0.3) is 22.3 Å². The Kier molecular flexibility index (Phi) is 2.91. The molecule has 22 heavy (non-hydrogen) atoms. The van der Waals surface area contributed by atoms with Gasteiger partial charge < -0.3 is 5.11 Å². The molecule has 1 N–H and O–H groups in total. The molecule has 0 aliphatic heterocycles. The van der Waals surface area contributed by atoms with Crippen LogP contribution in [0.15, 0.2) is 72.8 Å². The number of benzene rings is 3. The second-order valence-electron chi connectivity index (χ2n) is 5.48. The second-order valence-corrected chi connectivity index (χ2v) is 5.48. The maximum Gasteiger partial charge on any atom is 0.196 e. The van der Waals surface area contributed by atoms with E-state index in [-0.39, 0.29) is 5.78 Å². The van der Waals surface area contributed by atoms with E-state index in [9.17, 15) is 9.90 Å². The summed E-state index contributed by atoms with van der Waals surface area (Å²) in [6.45, 7) is 0. The summed E-state index contributed by atoms with van der Waals surface area (Å²) in [7, 11) is 0. The fourth-order valence-corrected chi connectivity index (χ4v) is 3.06. The van der Waals surface area contributed by atoms with Crippen LogP contribution in [0.4, 0.5) is 0 Å². The number of aliphatic hydroxyl groups excluding tert-OH is 1. The normalized spacial score (nSPS) is 16.0. The van der Waals surface area contributed by atoms with E-state index in [4.69, 9.17) is 0 Å². The lowest BCUT2D eigenvalue weighted by Crippen LogP contribution is -2.19. The van der Waals surface area contributed by atoms with Gasteiger partial charge >= 0.3 is 0 Å². The molecule has 0 aromatic heterocycles. The first kappa shape index (κ1) is 13.0. The monoisotopic (exact) mass is 286 g/mol. The van der Waals surface area contributed by atoms with Crippen LogP contribution >= 0.6 is 0 Å². The molecule has 0 saturated heterocycles. The molecule has 0 bridgehead atoms. The van der Waals surface area contributed by atoms with E-state index in [0.717, 1.165) is 22.3 Å². The third kappa shape index (κ3) is 1.89. The van der Waals surface area contributed by atoms with Crippen molar-refractivity contribution in [3.05, 3.63) is 83.9 Å². The van der Waals surface area contributed by atoms with Crippen LogP contribution in [0.1, 0.15) is 22.0 Å². The Morgan fingerprint density at radius 2 is 1.41 bits per heavy atom. The molecule has 0 radical (unpaired) electrons. The number of Topliss-reactive ketones (excluding diaryl/α,β-unsaturated/α-hetero) is 1. The molecule has 4 rings (SSSR count). The average molecular weight is 286 g/mol. The lowest BCUT2D eigenvalue weighted by molar-refractivity contribution is 0.0744. The summed E-state index contributed by atoms with van der Waals surface area (Å²) < 4.78 is 0. The van der Waals surface area contributed by atoms with E-state index in [1.54, 1.807) is 0 Å². The Bertz CT molecular complexity index is 866. The number of ketones is 1. The predicted molar refractivity (Wildman–Crippen MR) is 86.6 cm³/mol. The number of hydrogen-bond donors (Lipinski definition) is 1. The molecule has 1 aliphatic rings. The summed E-state index contributed by atoms with van der Waals surface area (Å²) in [5.41, 5.74) is 5.28. The van der Waals surface area contributed by atoms with Crippen molar-refractivity contribution in [2.75, 3.05) is 0 Å². The van der Waals surface area contributed by atoms with Crippen LogP contribution in [-0.4, -0.2) is 10.9 Å². The molecule has 0 spiro atoms.